The van der Waals surface area contributed by atoms with E-state index in [4.69, 9.17) is 10.5 Å². The first-order chi connectivity index (χ1) is 10.1. The summed E-state index contributed by atoms with van der Waals surface area (Å²) in [6.07, 6.45) is 2.91. The zero-order chi connectivity index (χ0) is 15.2. The zero-order valence-corrected chi connectivity index (χ0v) is 11.6. The Balaban J connectivity index is 1.95. The highest BCUT2D eigenvalue weighted by molar-refractivity contribution is 5.98. The number of carbonyl (C=O) groups is 2. The third kappa shape index (κ3) is 4.26. The van der Waals surface area contributed by atoms with Gasteiger partial charge in [-0.15, -0.1) is 0 Å². The molecule has 1 fully saturated rings. The lowest BCUT2D eigenvalue weighted by molar-refractivity contribution is -0.127. The van der Waals surface area contributed by atoms with Gasteiger partial charge in [-0.2, -0.15) is 0 Å². The highest BCUT2D eigenvalue weighted by Gasteiger charge is 2.29. The van der Waals surface area contributed by atoms with Crippen LogP contribution in [-0.2, 0) is 16.0 Å². The Hall–Kier alpha value is -1.95. The maximum Gasteiger partial charge on any atom is 0.321 e. The minimum absolute atomic E-state index is 0.215. The Morgan fingerprint density at radius 3 is 2.48 bits per heavy atom. The molecule has 1 aromatic rings. The van der Waals surface area contributed by atoms with Crippen LogP contribution >= 0.6 is 0 Å². The van der Waals surface area contributed by atoms with E-state index in [9.17, 15) is 14.0 Å². The number of nitrogens with zero attached hydrogens (tertiary/aromatic N) is 1. The maximum atomic E-state index is 12.8. The molecule has 113 valence electrons. The second-order valence-corrected chi connectivity index (χ2v) is 4.92. The normalized spacial score (nSPS) is 15.7. The molecule has 0 aliphatic carbocycles. The first-order valence-electron chi connectivity index (χ1n) is 6.86. The van der Waals surface area contributed by atoms with E-state index >= 15 is 0 Å². The standard InChI is InChI=1S/C15H18FN2O3/c16-12-4-1-11(2-5-12)3-6-14(19)18(15(17)20)13-7-9-21-10-8-13/h1-2,4-6,13H,3,7-10H2,(H2,17,20). The van der Waals surface area contributed by atoms with Gasteiger partial charge in [0.1, 0.15) is 5.82 Å². The van der Waals surface area contributed by atoms with Gasteiger partial charge in [-0.1, -0.05) is 12.1 Å². The predicted octanol–water partition coefficient (Wildman–Crippen LogP) is 1.66. The first kappa shape index (κ1) is 15.4. The molecule has 1 radical (unpaired) electrons. The van der Waals surface area contributed by atoms with Gasteiger partial charge in [0.05, 0.1) is 6.42 Å². The molecule has 1 aliphatic rings. The number of benzene rings is 1. The molecule has 0 spiro atoms. The molecular formula is C15H18FN2O3. The number of halogens is 1. The molecule has 5 nitrogen and oxygen atoms in total. The van der Waals surface area contributed by atoms with Gasteiger partial charge in [0.25, 0.3) is 0 Å². The number of urea groups is 1. The second kappa shape index (κ2) is 7.17. The average molecular weight is 293 g/mol. The zero-order valence-electron chi connectivity index (χ0n) is 11.6. The highest BCUT2D eigenvalue weighted by Crippen LogP contribution is 2.16. The molecule has 0 atom stereocenters. The molecule has 1 aromatic carbocycles. The summed E-state index contributed by atoms with van der Waals surface area (Å²) in [5.41, 5.74) is 6.11. The number of amides is 3. The lowest BCUT2D eigenvalue weighted by atomic mass is 10.1. The van der Waals surface area contributed by atoms with Crippen molar-refractivity contribution in [2.24, 2.45) is 5.73 Å². The fourth-order valence-electron chi connectivity index (χ4n) is 2.34. The summed E-state index contributed by atoms with van der Waals surface area (Å²) in [5.74, 6) is -0.746. The van der Waals surface area contributed by atoms with E-state index in [1.807, 2.05) is 0 Å². The predicted molar refractivity (Wildman–Crippen MR) is 74.7 cm³/mol. The molecule has 0 aromatic heterocycles. The van der Waals surface area contributed by atoms with Crippen molar-refractivity contribution < 1.29 is 18.7 Å². The van der Waals surface area contributed by atoms with E-state index in [0.29, 0.717) is 32.5 Å². The number of nitrogens with two attached hydrogens (primary N) is 1. The van der Waals surface area contributed by atoms with Gasteiger partial charge in [-0.25, -0.2) is 9.18 Å². The van der Waals surface area contributed by atoms with Crippen LogP contribution in [0.3, 0.4) is 0 Å². The fraction of sp³-hybridized carbons (Fsp3) is 0.400. The van der Waals surface area contributed by atoms with E-state index in [0.717, 1.165) is 10.5 Å². The molecule has 2 N–H and O–H groups in total. The Bertz CT molecular complexity index is 498. The number of carbonyl (C=O) groups excluding carboxylic acids is 2. The SMILES string of the molecule is NC(=O)N(C(=O)[CH]Cc1ccc(F)cc1)C1CCOCC1. The van der Waals surface area contributed by atoms with Gasteiger partial charge >= 0.3 is 6.03 Å². The summed E-state index contributed by atoms with van der Waals surface area (Å²) in [6, 6.07) is 4.90. The van der Waals surface area contributed by atoms with E-state index < -0.39 is 11.9 Å². The van der Waals surface area contributed by atoms with Crippen molar-refractivity contribution in [3.63, 3.8) is 0 Å². The molecule has 21 heavy (non-hydrogen) atoms. The van der Waals surface area contributed by atoms with Crippen molar-refractivity contribution in [1.29, 1.82) is 0 Å². The number of hydrogen-bond donors (Lipinski definition) is 1. The van der Waals surface area contributed by atoms with Crippen molar-refractivity contribution in [3.05, 3.63) is 42.1 Å². The average Bonchev–Trinajstić information content (AvgIpc) is 2.47. The van der Waals surface area contributed by atoms with Crippen LogP contribution in [0.25, 0.3) is 0 Å². The van der Waals surface area contributed by atoms with Crippen molar-refractivity contribution in [2.75, 3.05) is 13.2 Å². The number of imide groups is 1. The Labute approximate surface area is 122 Å². The summed E-state index contributed by atoms with van der Waals surface area (Å²) >= 11 is 0. The Kier molecular flexibility index (Phi) is 5.27. The molecule has 0 saturated carbocycles. The lowest BCUT2D eigenvalue weighted by Crippen LogP contribution is -2.49. The van der Waals surface area contributed by atoms with Crippen LogP contribution in [0.15, 0.2) is 24.3 Å². The highest BCUT2D eigenvalue weighted by atomic mass is 19.1. The summed E-state index contributed by atoms with van der Waals surface area (Å²) in [7, 11) is 0. The van der Waals surface area contributed by atoms with E-state index in [1.165, 1.54) is 18.6 Å². The van der Waals surface area contributed by atoms with Gasteiger partial charge in [0.15, 0.2) is 0 Å². The van der Waals surface area contributed by atoms with Crippen molar-refractivity contribution in [2.45, 2.75) is 25.3 Å². The smallest absolute Gasteiger partial charge is 0.321 e. The van der Waals surface area contributed by atoms with Crippen LogP contribution in [0.5, 0.6) is 0 Å². The second-order valence-electron chi connectivity index (χ2n) is 4.92. The van der Waals surface area contributed by atoms with Crippen LogP contribution in [0.1, 0.15) is 18.4 Å². The van der Waals surface area contributed by atoms with Gasteiger partial charge in [0, 0.05) is 19.3 Å². The summed E-state index contributed by atoms with van der Waals surface area (Å²) < 4.78 is 18.0. The lowest BCUT2D eigenvalue weighted by Gasteiger charge is -2.31. The molecule has 1 saturated heterocycles. The van der Waals surface area contributed by atoms with E-state index in [-0.39, 0.29) is 11.9 Å². The number of rotatable bonds is 4. The topological polar surface area (TPSA) is 72.6 Å². The molecular weight excluding hydrogens is 275 g/mol. The van der Waals surface area contributed by atoms with E-state index in [2.05, 4.69) is 0 Å². The minimum Gasteiger partial charge on any atom is -0.381 e. The van der Waals surface area contributed by atoms with Crippen molar-refractivity contribution >= 4 is 11.9 Å². The van der Waals surface area contributed by atoms with Gasteiger partial charge in [-0.3, -0.25) is 9.69 Å². The summed E-state index contributed by atoms with van der Waals surface area (Å²) in [4.78, 5) is 24.8. The Morgan fingerprint density at radius 1 is 1.29 bits per heavy atom. The quantitative estimate of drug-likeness (QED) is 0.917. The Morgan fingerprint density at radius 2 is 1.90 bits per heavy atom. The van der Waals surface area contributed by atoms with Gasteiger partial charge in [0.2, 0.25) is 5.91 Å². The van der Waals surface area contributed by atoms with E-state index in [1.54, 1.807) is 12.1 Å². The van der Waals surface area contributed by atoms with Crippen LogP contribution in [0.4, 0.5) is 9.18 Å². The van der Waals surface area contributed by atoms with Crippen molar-refractivity contribution in [3.8, 4) is 0 Å². The van der Waals surface area contributed by atoms with Crippen molar-refractivity contribution in [1.82, 2.24) is 4.90 Å². The molecule has 0 unspecified atom stereocenters. The number of primary amides is 1. The van der Waals surface area contributed by atoms with Gasteiger partial charge in [-0.05, 0) is 37.0 Å². The van der Waals surface area contributed by atoms with Crippen LogP contribution < -0.4 is 5.73 Å². The molecule has 1 aliphatic heterocycles. The van der Waals surface area contributed by atoms with Crippen LogP contribution in [0, 0.1) is 12.2 Å². The maximum absolute atomic E-state index is 12.8. The monoisotopic (exact) mass is 293 g/mol. The summed E-state index contributed by atoms with van der Waals surface area (Å²) in [5, 5.41) is 0. The molecule has 6 heteroatoms. The van der Waals surface area contributed by atoms with Crippen LogP contribution in [0.2, 0.25) is 0 Å². The first-order valence-corrected chi connectivity index (χ1v) is 6.86. The summed E-state index contributed by atoms with van der Waals surface area (Å²) in [6.45, 7) is 1.03. The van der Waals surface area contributed by atoms with Gasteiger partial charge < -0.3 is 10.5 Å². The third-order valence-corrected chi connectivity index (χ3v) is 3.46. The fourth-order valence-corrected chi connectivity index (χ4v) is 2.34. The van der Waals surface area contributed by atoms with Crippen LogP contribution in [-0.4, -0.2) is 36.1 Å². The molecule has 3 amide bonds. The number of hydrogen-bond acceptors (Lipinski definition) is 3. The number of ether oxygens (including phenoxy) is 1. The largest absolute Gasteiger partial charge is 0.381 e. The third-order valence-electron chi connectivity index (χ3n) is 3.46. The molecule has 0 bridgehead atoms. The molecule has 2 rings (SSSR count). The minimum atomic E-state index is -0.748. The molecule has 1 heterocycles.